The van der Waals surface area contributed by atoms with Crippen molar-refractivity contribution in [2.45, 2.75) is 4.90 Å². The molecule has 0 spiro atoms. The first-order valence-electron chi connectivity index (χ1n) is 3.98. The predicted octanol–water partition coefficient (Wildman–Crippen LogP) is 2.17. The molecule has 1 heterocycles. The van der Waals surface area contributed by atoms with Crippen LogP contribution in [0, 0.1) is 0 Å². The highest BCUT2D eigenvalue weighted by molar-refractivity contribution is 8.14. The van der Waals surface area contributed by atoms with Crippen LogP contribution < -0.4 is 5.32 Å². The van der Waals surface area contributed by atoms with Crippen molar-refractivity contribution in [2.75, 3.05) is 11.6 Å². The molecule has 0 bridgehead atoms. The first-order valence-corrected chi connectivity index (χ1v) is 7.03. The minimum atomic E-state index is -3.61. The van der Waals surface area contributed by atoms with Crippen molar-refractivity contribution >= 4 is 44.2 Å². The van der Waals surface area contributed by atoms with Crippen LogP contribution in [0.2, 0.25) is 5.02 Å². The maximum Gasteiger partial charge on any atom is 0.286 e. The molecule has 0 saturated heterocycles. The Hall–Kier alpha value is -0.720. The third kappa shape index (κ3) is 1.97. The molecule has 0 amide bonds. The fourth-order valence-corrected chi connectivity index (χ4v) is 3.27. The topological polar surface area (TPSA) is 58.5 Å². The van der Waals surface area contributed by atoms with E-state index < -0.39 is 10.0 Å². The van der Waals surface area contributed by atoms with Gasteiger partial charge in [-0.2, -0.15) is 8.42 Å². The molecule has 0 saturated carbocycles. The monoisotopic (exact) mass is 262 g/mol. The minimum Gasteiger partial charge on any atom is -0.333 e. The van der Waals surface area contributed by atoms with Gasteiger partial charge in [0.25, 0.3) is 10.0 Å². The van der Waals surface area contributed by atoms with Gasteiger partial charge in [-0.05, 0) is 24.5 Å². The van der Waals surface area contributed by atoms with Gasteiger partial charge < -0.3 is 5.32 Å². The maximum absolute atomic E-state index is 11.7. The Bertz CT molecular complexity index is 540. The molecular formula is C8H7ClN2O2S2. The lowest BCUT2D eigenvalue weighted by Gasteiger charge is -2.16. The molecule has 1 aliphatic rings. The van der Waals surface area contributed by atoms with Crippen LogP contribution >= 0.6 is 23.4 Å². The van der Waals surface area contributed by atoms with E-state index in [-0.39, 0.29) is 4.90 Å². The highest BCUT2D eigenvalue weighted by Crippen LogP contribution is 2.31. The summed E-state index contributed by atoms with van der Waals surface area (Å²) in [4.78, 5) is 0.118. The van der Waals surface area contributed by atoms with E-state index in [4.69, 9.17) is 11.6 Å². The van der Waals surface area contributed by atoms with E-state index in [1.54, 1.807) is 18.4 Å². The van der Waals surface area contributed by atoms with Gasteiger partial charge in [-0.3, -0.25) is 0 Å². The van der Waals surface area contributed by atoms with Gasteiger partial charge in [0.2, 0.25) is 0 Å². The lowest BCUT2D eigenvalue weighted by atomic mass is 10.3. The summed E-state index contributed by atoms with van der Waals surface area (Å²) in [7, 11) is -3.61. The van der Waals surface area contributed by atoms with Crippen molar-refractivity contribution in [1.29, 1.82) is 0 Å². The zero-order valence-corrected chi connectivity index (χ0v) is 10.1. The van der Waals surface area contributed by atoms with E-state index >= 15 is 0 Å². The molecule has 0 fully saturated rings. The van der Waals surface area contributed by atoms with Crippen LogP contribution in [0.25, 0.3) is 0 Å². The number of fused-ring (bicyclic) bond motifs is 1. The second kappa shape index (κ2) is 3.70. The highest BCUT2D eigenvalue weighted by Gasteiger charge is 2.24. The molecule has 2 rings (SSSR count). The Labute approximate surface area is 96.8 Å². The highest BCUT2D eigenvalue weighted by atomic mass is 35.5. The average molecular weight is 263 g/mol. The van der Waals surface area contributed by atoms with Crippen LogP contribution in [0.15, 0.2) is 27.5 Å². The zero-order valence-electron chi connectivity index (χ0n) is 7.69. The Morgan fingerprint density at radius 3 is 2.87 bits per heavy atom. The normalized spacial score (nSPS) is 17.6. The van der Waals surface area contributed by atoms with Gasteiger partial charge in [0.05, 0.1) is 5.69 Å². The number of anilines is 1. The SMILES string of the molecule is CSC1=NS(=O)(=O)c2cc(Cl)ccc2N1. The van der Waals surface area contributed by atoms with Gasteiger partial charge in [0.15, 0.2) is 5.17 Å². The number of hydrogen-bond acceptors (Lipinski definition) is 4. The lowest BCUT2D eigenvalue weighted by Crippen LogP contribution is -2.18. The van der Waals surface area contributed by atoms with Crippen LogP contribution in [0.4, 0.5) is 5.69 Å². The minimum absolute atomic E-state index is 0.118. The standard InChI is InChI=1S/C8H7ClN2O2S2/c1-14-8-10-6-3-2-5(9)4-7(6)15(12,13)11-8/h2-4H,1H3,(H,10,11). The first kappa shape index (κ1) is 10.8. The van der Waals surface area contributed by atoms with Crippen LogP contribution in [-0.2, 0) is 10.0 Å². The molecule has 0 radical (unpaired) electrons. The van der Waals surface area contributed by atoms with Crippen molar-refractivity contribution in [2.24, 2.45) is 4.40 Å². The molecule has 0 aliphatic carbocycles. The zero-order chi connectivity index (χ0) is 11.1. The third-order valence-corrected chi connectivity index (χ3v) is 4.11. The summed E-state index contributed by atoms with van der Waals surface area (Å²) in [6.45, 7) is 0. The smallest absolute Gasteiger partial charge is 0.286 e. The predicted molar refractivity (Wildman–Crippen MR) is 63.2 cm³/mol. The summed E-state index contributed by atoms with van der Waals surface area (Å²) in [6, 6.07) is 4.64. The van der Waals surface area contributed by atoms with Gasteiger partial charge in [-0.25, -0.2) is 0 Å². The number of nitrogens with one attached hydrogen (secondary N) is 1. The number of benzene rings is 1. The molecule has 4 nitrogen and oxygen atoms in total. The molecule has 1 aromatic carbocycles. The quantitative estimate of drug-likeness (QED) is 0.779. The number of amidine groups is 1. The van der Waals surface area contributed by atoms with Crippen molar-refractivity contribution in [3.8, 4) is 0 Å². The summed E-state index contributed by atoms with van der Waals surface area (Å²) < 4.78 is 27.0. The van der Waals surface area contributed by atoms with Crippen molar-refractivity contribution in [3.05, 3.63) is 23.2 Å². The Morgan fingerprint density at radius 2 is 2.20 bits per heavy atom. The van der Waals surface area contributed by atoms with E-state index in [0.29, 0.717) is 15.9 Å². The molecule has 0 aromatic heterocycles. The van der Waals surface area contributed by atoms with Crippen LogP contribution in [0.1, 0.15) is 0 Å². The summed E-state index contributed by atoms with van der Waals surface area (Å²) in [5, 5.41) is 3.65. The average Bonchev–Trinajstić information content (AvgIpc) is 2.18. The number of thioether (sulfide) groups is 1. The van der Waals surface area contributed by atoms with Gasteiger partial charge in [0, 0.05) is 5.02 Å². The number of halogens is 1. The number of sulfonamides is 1. The second-order valence-corrected chi connectivity index (χ2v) is 5.65. The summed E-state index contributed by atoms with van der Waals surface area (Å²) in [5.74, 6) is 0. The molecular weight excluding hydrogens is 256 g/mol. The fourth-order valence-electron chi connectivity index (χ4n) is 1.20. The van der Waals surface area contributed by atoms with Gasteiger partial charge in [-0.1, -0.05) is 23.4 Å². The molecule has 15 heavy (non-hydrogen) atoms. The fraction of sp³-hybridized carbons (Fsp3) is 0.125. The number of nitrogens with zero attached hydrogens (tertiary/aromatic N) is 1. The largest absolute Gasteiger partial charge is 0.333 e. The number of hydrogen-bond donors (Lipinski definition) is 1. The van der Waals surface area contributed by atoms with Crippen molar-refractivity contribution < 1.29 is 8.42 Å². The van der Waals surface area contributed by atoms with E-state index in [9.17, 15) is 8.42 Å². The van der Waals surface area contributed by atoms with Gasteiger partial charge >= 0.3 is 0 Å². The summed E-state index contributed by atoms with van der Waals surface area (Å²) >= 11 is 6.97. The van der Waals surface area contributed by atoms with Gasteiger partial charge in [-0.15, -0.1) is 4.40 Å². The van der Waals surface area contributed by atoms with E-state index in [2.05, 4.69) is 9.71 Å². The Kier molecular flexibility index (Phi) is 2.66. The molecule has 0 atom stereocenters. The van der Waals surface area contributed by atoms with Crippen LogP contribution in [0.3, 0.4) is 0 Å². The molecule has 7 heteroatoms. The number of rotatable bonds is 0. The van der Waals surface area contributed by atoms with E-state index in [0.717, 1.165) is 0 Å². The van der Waals surface area contributed by atoms with Crippen LogP contribution in [-0.4, -0.2) is 19.8 Å². The molecule has 80 valence electrons. The summed E-state index contributed by atoms with van der Waals surface area (Å²) in [6.07, 6.45) is 1.75. The Morgan fingerprint density at radius 1 is 1.47 bits per heavy atom. The second-order valence-electron chi connectivity index (χ2n) is 2.84. The van der Waals surface area contributed by atoms with E-state index in [1.807, 2.05) is 0 Å². The van der Waals surface area contributed by atoms with E-state index in [1.165, 1.54) is 17.8 Å². The van der Waals surface area contributed by atoms with Crippen LogP contribution in [0.5, 0.6) is 0 Å². The molecule has 0 unspecified atom stereocenters. The van der Waals surface area contributed by atoms with Crippen molar-refractivity contribution in [1.82, 2.24) is 0 Å². The lowest BCUT2D eigenvalue weighted by molar-refractivity contribution is 0.598. The molecule has 1 aromatic rings. The Balaban J connectivity index is 2.64. The molecule has 1 N–H and O–H groups in total. The van der Waals surface area contributed by atoms with Crippen molar-refractivity contribution in [3.63, 3.8) is 0 Å². The summed E-state index contributed by atoms with van der Waals surface area (Å²) in [5.41, 5.74) is 0.513. The third-order valence-electron chi connectivity index (χ3n) is 1.86. The maximum atomic E-state index is 11.7. The van der Waals surface area contributed by atoms with Gasteiger partial charge in [0.1, 0.15) is 4.90 Å². The first-order chi connectivity index (χ1) is 7.03. The molecule has 1 aliphatic heterocycles.